The first-order valence-electron chi connectivity index (χ1n) is 9.49. The summed E-state index contributed by atoms with van der Waals surface area (Å²) in [5.41, 5.74) is 3.13. The molecule has 0 radical (unpaired) electrons. The smallest absolute Gasteiger partial charge is 0.355 e. The van der Waals surface area contributed by atoms with Crippen LogP contribution in [0.5, 0.6) is 5.75 Å². The fraction of sp³-hybridized carbons (Fsp3) is 0. The van der Waals surface area contributed by atoms with Crippen LogP contribution in [-0.2, 0) is 0 Å². The van der Waals surface area contributed by atoms with Crippen LogP contribution in [0.15, 0.2) is 77.9 Å². The van der Waals surface area contributed by atoms with Crippen molar-refractivity contribution in [1.29, 1.82) is 0 Å². The highest BCUT2D eigenvalue weighted by Crippen LogP contribution is 2.35. The van der Waals surface area contributed by atoms with E-state index in [1.165, 1.54) is 41.8 Å². The highest BCUT2D eigenvalue weighted by Gasteiger charge is 2.18. The SMILES string of the molecule is O=C(NN=Cc1ccc(OC(=O)c2sc3ccccc3c2Cl)cc1)c1ccc([N+](=O)[O-])cc1. The summed E-state index contributed by atoms with van der Waals surface area (Å²) in [5.74, 6) is -0.717. The monoisotopic (exact) mass is 479 g/mol. The van der Waals surface area contributed by atoms with Crippen LogP contribution < -0.4 is 10.2 Å². The van der Waals surface area contributed by atoms with Gasteiger partial charge in [-0.2, -0.15) is 5.10 Å². The third-order valence-corrected chi connectivity index (χ3v) is 6.19. The molecule has 164 valence electrons. The number of fused-ring (bicyclic) bond motifs is 1. The summed E-state index contributed by atoms with van der Waals surface area (Å²) in [4.78, 5) is 35.0. The molecule has 0 atom stereocenters. The number of carbonyl (C=O) groups is 2. The molecule has 0 fully saturated rings. The fourth-order valence-corrected chi connectivity index (χ4v) is 4.27. The van der Waals surface area contributed by atoms with Crippen LogP contribution in [0.4, 0.5) is 5.69 Å². The molecular weight excluding hydrogens is 466 g/mol. The van der Waals surface area contributed by atoms with Gasteiger partial charge in [-0.1, -0.05) is 29.8 Å². The molecule has 0 aliphatic heterocycles. The van der Waals surface area contributed by atoms with Gasteiger partial charge in [-0.25, -0.2) is 10.2 Å². The van der Waals surface area contributed by atoms with E-state index < -0.39 is 16.8 Å². The van der Waals surface area contributed by atoms with Gasteiger partial charge >= 0.3 is 5.97 Å². The molecule has 0 saturated carbocycles. The number of nitrogens with zero attached hydrogens (tertiary/aromatic N) is 2. The third-order valence-electron chi connectivity index (χ3n) is 4.53. The number of hydrogen-bond donors (Lipinski definition) is 1. The zero-order valence-electron chi connectivity index (χ0n) is 16.7. The number of ether oxygens (including phenoxy) is 1. The standard InChI is InChI=1S/C23H14ClN3O5S/c24-20-18-3-1-2-4-19(18)33-21(20)23(29)32-17-11-5-14(6-12-17)13-25-26-22(28)15-7-9-16(10-8-15)27(30)31/h1-13H,(H,26,28). The lowest BCUT2D eigenvalue weighted by Crippen LogP contribution is -2.17. The number of amides is 1. The summed E-state index contributed by atoms with van der Waals surface area (Å²) in [6.07, 6.45) is 1.41. The Hall–Kier alpha value is -4.08. The quantitative estimate of drug-likeness (QED) is 0.130. The van der Waals surface area contributed by atoms with Crippen LogP contribution in [-0.4, -0.2) is 23.0 Å². The molecule has 1 amide bonds. The molecule has 0 saturated heterocycles. The Bertz CT molecular complexity index is 1380. The summed E-state index contributed by atoms with van der Waals surface area (Å²) >= 11 is 7.59. The number of non-ortho nitro benzene ring substituents is 1. The molecule has 1 N–H and O–H groups in total. The van der Waals surface area contributed by atoms with E-state index in [9.17, 15) is 19.7 Å². The van der Waals surface area contributed by atoms with E-state index in [0.717, 1.165) is 10.1 Å². The van der Waals surface area contributed by atoms with Crippen molar-refractivity contribution in [3.05, 3.63) is 104 Å². The Morgan fingerprint density at radius 1 is 1.03 bits per heavy atom. The zero-order valence-corrected chi connectivity index (χ0v) is 18.3. The van der Waals surface area contributed by atoms with Gasteiger partial charge in [0.05, 0.1) is 16.2 Å². The van der Waals surface area contributed by atoms with Crippen molar-refractivity contribution in [2.24, 2.45) is 5.10 Å². The van der Waals surface area contributed by atoms with Crippen LogP contribution in [0.3, 0.4) is 0 Å². The minimum absolute atomic E-state index is 0.106. The Kier molecular flexibility index (Phi) is 6.43. The molecule has 0 spiro atoms. The van der Waals surface area contributed by atoms with Crippen molar-refractivity contribution in [3.8, 4) is 5.75 Å². The van der Waals surface area contributed by atoms with Crippen LogP contribution in [0.25, 0.3) is 10.1 Å². The molecule has 8 nitrogen and oxygen atoms in total. The lowest BCUT2D eigenvalue weighted by molar-refractivity contribution is -0.384. The third kappa shape index (κ3) is 5.05. The lowest BCUT2D eigenvalue weighted by Gasteiger charge is -2.03. The van der Waals surface area contributed by atoms with E-state index in [-0.39, 0.29) is 11.3 Å². The number of rotatable bonds is 6. The molecule has 4 aromatic rings. The Morgan fingerprint density at radius 2 is 1.73 bits per heavy atom. The number of hydrogen-bond acceptors (Lipinski definition) is 7. The maximum absolute atomic E-state index is 12.5. The second-order valence-corrected chi connectivity index (χ2v) is 8.13. The maximum atomic E-state index is 12.5. The average Bonchev–Trinajstić information content (AvgIpc) is 3.17. The van der Waals surface area contributed by atoms with Gasteiger partial charge in [0.1, 0.15) is 10.6 Å². The van der Waals surface area contributed by atoms with Gasteiger partial charge in [0.25, 0.3) is 11.6 Å². The number of nitro groups is 1. The Balaban J connectivity index is 1.36. The van der Waals surface area contributed by atoms with Crippen LogP contribution in [0.2, 0.25) is 5.02 Å². The van der Waals surface area contributed by atoms with Gasteiger partial charge in [-0.15, -0.1) is 11.3 Å². The Morgan fingerprint density at radius 3 is 2.39 bits per heavy atom. The van der Waals surface area contributed by atoms with Gasteiger partial charge in [-0.05, 0) is 48.0 Å². The van der Waals surface area contributed by atoms with Crippen LogP contribution >= 0.6 is 22.9 Å². The molecular formula is C23H14ClN3O5S. The van der Waals surface area contributed by atoms with Crippen LogP contribution in [0.1, 0.15) is 25.6 Å². The Labute approximate surface area is 196 Å². The van der Waals surface area contributed by atoms with E-state index in [4.69, 9.17) is 16.3 Å². The van der Waals surface area contributed by atoms with Crippen LogP contribution in [0, 0.1) is 10.1 Å². The molecule has 0 bridgehead atoms. The zero-order chi connectivity index (χ0) is 23.4. The highest BCUT2D eigenvalue weighted by atomic mass is 35.5. The number of esters is 1. The molecule has 0 unspecified atom stereocenters. The number of nitrogens with one attached hydrogen (secondary N) is 1. The summed E-state index contributed by atoms with van der Waals surface area (Å²) in [7, 11) is 0. The minimum Gasteiger partial charge on any atom is -0.422 e. The van der Waals surface area contributed by atoms with Gasteiger partial charge in [-0.3, -0.25) is 14.9 Å². The number of halogens is 1. The molecule has 1 heterocycles. The van der Waals surface area contributed by atoms with Crippen molar-refractivity contribution in [2.45, 2.75) is 0 Å². The van der Waals surface area contributed by atoms with Crippen molar-refractivity contribution in [2.75, 3.05) is 0 Å². The number of nitro benzene ring substituents is 1. The van der Waals surface area contributed by atoms with Crippen molar-refractivity contribution in [1.82, 2.24) is 5.43 Å². The average molecular weight is 480 g/mol. The molecule has 33 heavy (non-hydrogen) atoms. The number of benzene rings is 3. The first-order chi connectivity index (χ1) is 15.9. The first-order valence-corrected chi connectivity index (χ1v) is 10.7. The number of thiophene rings is 1. The molecule has 0 aliphatic carbocycles. The summed E-state index contributed by atoms with van der Waals surface area (Å²) in [6.45, 7) is 0. The second kappa shape index (κ2) is 9.60. The minimum atomic E-state index is -0.544. The number of carbonyl (C=O) groups excluding carboxylic acids is 2. The van der Waals surface area contributed by atoms with E-state index in [0.29, 0.717) is 21.2 Å². The molecule has 10 heteroatoms. The van der Waals surface area contributed by atoms with Crippen molar-refractivity contribution < 1.29 is 19.2 Å². The van der Waals surface area contributed by atoms with Gasteiger partial charge in [0.2, 0.25) is 0 Å². The van der Waals surface area contributed by atoms with Crippen molar-refractivity contribution in [3.63, 3.8) is 0 Å². The predicted octanol–water partition coefficient (Wildman–Crippen LogP) is 5.45. The maximum Gasteiger partial charge on any atom is 0.355 e. The summed E-state index contributed by atoms with van der Waals surface area (Å²) < 4.78 is 6.32. The fourth-order valence-electron chi connectivity index (χ4n) is 2.89. The lowest BCUT2D eigenvalue weighted by atomic mass is 10.2. The normalized spacial score (nSPS) is 10.9. The van der Waals surface area contributed by atoms with E-state index in [2.05, 4.69) is 10.5 Å². The van der Waals surface area contributed by atoms with E-state index in [1.54, 1.807) is 24.3 Å². The predicted molar refractivity (Wildman–Crippen MR) is 126 cm³/mol. The summed E-state index contributed by atoms with van der Waals surface area (Å²) in [5, 5.41) is 15.7. The summed E-state index contributed by atoms with van der Waals surface area (Å²) in [6, 6.07) is 19.1. The molecule has 1 aromatic heterocycles. The van der Waals surface area contributed by atoms with E-state index >= 15 is 0 Å². The topological polar surface area (TPSA) is 111 Å². The number of hydrazone groups is 1. The molecule has 3 aromatic carbocycles. The van der Waals surface area contributed by atoms with Gasteiger partial charge < -0.3 is 4.74 Å². The molecule has 0 aliphatic rings. The first kappa shape index (κ1) is 22.1. The van der Waals surface area contributed by atoms with Gasteiger partial charge in [0.15, 0.2) is 0 Å². The highest BCUT2D eigenvalue weighted by molar-refractivity contribution is 7.21. The molecule has 4 rings (SSSR count). The largest absolute Gasteiger partial charge is 0.422 e. The van der Waals surface area contributed by atoms with Gasteiger partial charge in [0, 0.05) is 27.8 Å². The second-order valence-electron chi connectivity index (χ2n) is 6.70. The van der Waals surface area contributed by atoms with Crippen molar-refractivity contribution >= 4 is 56.8 Å². The van der Waals surface area contributed by atoms with E-state index in [1.807, 2.05) is 24.3 Å².